The van der Waals surface area contributed by atoms with Crippen LogP contribution >= 0.6 is 23.1 Å². The van der Waals surface area contributed by atoms with Crippen molar-refractivity contribution in [1.29, 1.82) is 0 Å². The third-order valence-electron chi connectivity index (χ3n) is 4.12. The largest absolute Gasteiger partial charge is 0.465 e. The van der Waals surface area contributed by atoms with Gasteiger partial charge in [-0.3, -0.25) is 14.2 Å². The van der Waals surface area contributed by atoms with E-state index in [1.807, 2.05) is 36.4 Å². The number of carbonyl (C=O) groups is 1. The molecule has 3 heterocycles. The minimum atomic E-state index is -0.316. The summed E-state index contributed by atoms with van der Waals surface area (Å²) in [6, 6.07) is 11.8. The average Bonchev–Trinajstić information content (AvgIpc) is 3.26. The van der Waals surface area contributed by atoms with Gasteiger partial charge in [-0.05, 0) is 11.6 Å². The van der Waals surface area contributed by atoms with Gasteiger partial charge in [0.05, 0.1) is 12.0 Å². The van der Waals surface area contributed by atoms with Gasteiger partial charge in [0.2, 0.25) is 0 Å². The van der Waals surface area contributed by atoms with Crippen LogP contribution in [0.25, 0.3) is 20.7 Å². The zero-order chi connectivity index (χ0) is 18.1. The van der Waals surface area contributed by atoms with E-state index in [0.29, 0.717) is 34.9 Å². The molecular weight excluding hydrogens is 368 g/mol. The maximum absolute atomic E-state index is 13.0. The van der Waals surface area contributed by atoms with Crippen molar-refractivity contribution in [2.24, 2.45) is 0 Å². The molecule has 1 aliphatic heterocycles. The van der Waals surface area contributed by atoms with Gasteiger partial charge in [-0.15, -0.1) is 17.9 Å². The van der Waals surface area contributed by atoms with Gasteiger partial charge in [-0.2, -0.15) is 0 Å². The van der Waals surface area contributed by atoms with E-state index in [1.165, 1.54) is 23.1 Å². The molecule has 0 amide bonds. The van der Waals surface area contributed by atoms with Crippen LogP contribution in [0, 0.1) is 0 Å². The Kier molecular flexibility index (Phi) is 4.65. The molecule has 1 aromatic carbocycles. The Balaban J connectivity index is 1.83. The number of allylic oxidation sites excluding steroid dienone is 1. The van der Waals surface area contributed by atoms with Gasteiger partial charge in [0.15, 0.2) is 5.16 Å². The molecule has 3 aromatic rings. The summed E-state index contributed by atoms with van der Waals surface area (Å²) in [5.41, 5.74) is 0.945. The minimum absolute atomic E-state index is 0.109. The first-order valence-electron chi connectivity index (χ1n) is 8.21. The fourth-order valence-corrected chi connectivity index (χ4v) is 4.98. The lowest BCUT2D eigenvalue weighted by atomic mass is 10.2. The predicted octanol–water partition coefficient (Wildman–Crippen LogP) is 3.72. The lowest BCUT2D eigenvalue weighted by molar-refractivity contribution is -0.137. The highest BCUT2D eigenvalue weighted by molar-refractivity contribution is 8.00. The van der Waals surface area contributed by atoms with Crippen LogP contribution in [0.1, 0.15) is 6.42 Å². The number of thioether (sulfide) groups is 1. The number of thiophene rings is 1. The second-order valence-electron chi connectivity index (χ2n) is 5.86. The normalized spacial score (nSPS) is 16.8. The van der Waals surface area contributed by atoms with Crippen molar-refractivity contribution in [3.63, 3.8) is 0 Å². The second kappa shape index (κ2) is 7.09. The van der Waals surface area contributed by atoms with Gasteiger partial charge in [0, 0.05) is 17.8 Å². The molecule has 0 spiro atoms. The Morgan fingerprint density at radius 2 is 2.15 bits per heavy atom. The number of nitrogens with zero attached hydrogens (tertiary/aromatic N) is 2. The van der Waals surface area contributed by atoms with Crippen LogP contribution in [-0.2, 0) is 16.1 Å². The second-order valence-corrected chi connectivity index (χ2v) is 8.06. The molecular formula is C19H16N2O3S2. The maximum atomic E-state index is 13.0. The summed E-state index contributed by atoms with van der Waals surface area (Å²) in [6.45, 7) is 4.50. The highest BCUT2D eigenvalue weighted by Gasteiger charge is 2.29. The van der Waals surface area contributed by atoms with Gasteiger partial charge < -0.3 is 4.74 Å². The van der Waals surface area contributed by atoms with E-state index in [0.717, 1.165) is 10.4 Å². The lowest BCUT2D eigenvalue weighted by Crippen LogP contribution is -2.23. The maximum Gasteiger partial charge on any atom is 0.319 e. The van der Waals surface area contributed by atoms with E-state index in [-0.39, 0.29) is 16.8 Å². The quantitative estimate of drug-likeness (QED) is 0.381. The summed E-state index contributed by atoms with van der Waals surface area (Å²) in [5, 5.41) is 0.811. The Morgan fingerprint density at radius 3 is 2.85 bits per heavy atom. The molecule has 1 aliphatic rings. The van der Waals surface area contributed by atoms with Crippen molar-refractivity contribution in [2.45, 2.75) is 23.4 Å². The molecule has 7 heteroatoms. The molecule has 0 saturated carbocycles. The zero-order valence-corrected chi connectivity index (χ0v) is 15.5. The van der Waals surface area contributed by atoms with Crippen molar-refractivity contribution in [2.75, 3.05) is 6.61 Å². The van der Waals surface area contributed by atoms with Crippen molar-refractivity contribution in [3.8, 4) is 10.4 Å². The van der Waals surface area contributed by atoms with Gasteiger partial charge >= 0.3 is 5.97 Å². The first-order valence-corrected chi connectivity index (χ1v) is 9.91. The summed E-state index contributed by atoms with van der Waals surface area (Å²) in [6.07, 6.45) is 2.29. The first kappa shape index (κ1) is 17.1. The summed E-state index contributed by atoms with van der Waals surface area (Å²) in [4.78, 5) is 31.2. The fraction of sp³-hybridized carbons (Fsp3) is 0.211. The number of rotatable bonds is 5. The van der Waals surface area contributed by atoms with Gasteiger partial charge in [-0.25, -0.2) is 4.98 Å². The molecule has 132 valence electrons. The molecule has 1 saturated heterocycles. The smallest absolute Gasteiger partial charge is 0.319 e. The number of hydrogen-bond acceptors (Lipinski definition) is 6. The van der Waals surface area contributed by atoms with E-state index >= 15 is 0 Å². The van der Waals surface area contributed by atoms with Gasteiger partial charge in [0.1, 0.15) is 10.1 Å². The highest BCUT2D eigenvalue weighted by atomic mass is 32.2. The van der Waals surface area contributed by atoms with E-state index < -0.39 is 0 Å². The molecule has 4 rings (SSSR count). The van der Waals surface area contributed by atoms with Gasteiger partial charge in [-0.1, -0.05) is 48.2 Å². The number of aromatic nitrogens is 2. The molecule has 1 fully saturated rings. The average molecular weight is 384 g/mol. The van der Waals surface area contributed by atoms with Crippen LogP contribution in [0.2, 0.25) is 0 Å². The van der Waals surface area contributed by atoms with E-state index in [4.69, 9.17) is 4.74 Å². The summed E-state index contributed by atoms with van der Waals surface area (Å²) in [7, 11) is 0. The predicted molar refractivity (Wildman–Crippen MR) is 105 cm³/mol. The SMILES string of the molecule is C=CCn1c(S[C@H]2CCOC2=O)nc2sc(-c3ccccc3)cc2c1=O. The van der Waals surface area contributed by atoms with Crippen molar-refractivity contribution in [1.82, 2.24) is 9.55 Å². The Bertz CT molecular complexity index is 1040. The number of hydrogen-bond donors (Lipinski definition) is 0. The van der Waals surface area contributed by atoms with Crippen LogP contribution in [0.3, 0.4) is 0 Å². The van der Waals surface area contributed by atoms with Crippen molar-refractivity contribution < 1.29 is 9.53 Å². The minimum Gasteiger partial charge on any atom is -0.465 e. The number of fused-ring (bicyclic) bond motifs is 1. The third kappa shape index (κ3) is 3.08. The van der Waals surface area contributed by atoms with Crippen molar-refractivity contribution in [3.05, 3.63) is 59.4 Å². The number of carbonyl (C=O) groups excluding carboxylic acids is 1. The molecule has 2 aromatic heterocycles. The van der Waals surface area contributed by atoms with Crippen LogP contribution in [0.15, 0.2) is 59.0 Å². The molecule has 0 unspecified atom stereocenters. The number of cyclic esters (lactones) is 1. The monoisotopic (exact) mass is 384 g/mol. The first-order chi connectivity index (χ1) is 12.7. The van der Waals surface area contributed by atoms with E-state index in [2.05, 4.69) is 11.6 Å². The van der Waals surface area contributed by atoms with Crippen LogP contribution in [0.5, 0.6) is 0 Å². The molecule has 5 nitrogen and oxygen atoms in total. The topological polar surface area (TPSA) is 61.2 Å². The van der Waals surface area contributed by atoms with Crippen LogP contribution in [0.4, 0.5) is 0 Å². The summed E-state index contributed by atoms with van der Waals surface area (Å²) < 4.78 is 6.60. The van der Waals surface area contributed by atoms with E-state index in [1.54, 1.807) is 10.6 Å². The van der Waals surface area contributed by atoms with E-state index in [9.17, 15) is 9.59 Å². The molecule has 0 bridgehead atoms. The van der Waals surface area contributed by atoms with Crippen LogP contribution < -0.4 is 5.56 Å². The molecule has 26 heavy (non-hydrogen) atoms. The van der Waals surface area contributed by atoms with Crippen LogP contribution in [-0.4, -0.2) is 27.4 Å². The lowest BCUT2D eigenvalue weighted by Gasteiger charge is -2.11. The molecule has 0 radical (unpaired) electrons. The molecule has 0 N–H and O–H groups in total. The van der Waals surface area contributed by atoms with Gasteiger partial charge in [0.25, 0.3) is 5.56 Å². The summed E-state index contributed by atoms with van der Waals surface area (Å²) >= 11 is 2.78. The Hall–Kier alpha value is -2.38. The number of ether oxygens (including phenoxy) is 1. The number of esters is 1. The standard InChI is InChI=1S/C19H16N2O3S2/c1-2-9-21-17(22)13-11-15(12-6-4-3-5-7-12)25-16(13)20-19(21)26-14-8-10-24-18(14)23/h2-7,11,14H,1,8-10H2/t14-/m0/s1. The molecule has 1 atom stereocenters. The summed E-state index contributed by atoms with van der Waals surface area (Å²) in [5.74, 6) is -0.245. The molecule has 0 aliphatic carbocycles. The fourth-order valence-electron chi connectivity index (χ4n) is 2.83. The van der Waals surface area contributed by atoms with Crippen molar-refractivity contribution >= 4 is 39.3 Å². The Labute approximate surface area is 158 Å². The number of benzene rings is 1. The Morgan fingerprint density at radius 1 is 1.35 bits per heavy atom. The third-order valence-corrected chi connectivity index (χ3v) is 6.43. The zero-order valence-electron chi connectivity index (χ0n) is 13.9. The highest BCUT2D eigenvalue weighted by Crippen LogP contribution is 2.34.